The standard InChI is InChI=1S/C11H16N2O5/c1-2-13(6-8-4-3-5-18-8)11(17)12-9(7-14)10(15)16/h3-5,9,14H,2,6-7H2,1H3,(H,12,17)(H,15,16). The molecular weight excluding hydrogens is 240 g/mol. The van der Waals surface area contributed by atoms with Gasteiger partial charge in [-0.15, -0.1) is 0 Å². The molecule has 0 spiro atoms. The first-order valence-electron chi connectivity index (χ1n) is 5.50. The number of carbonyl (C=O) groups excluding carboxylic acids is 1. The van der Waals surface area contributed by atoms with Gasteiger partial charge in [0.05, 0.1) is 19.4 Å². The quantitative estimate of drug-likeness (QED) is 0.677. The van der Waals surface area contributed by atoms with Gasteiger partial charge in [-0.05, 0) is 19.1 Å². The number of hydrogen-bond donors (Lipinski definition) is 3. The summed E-state index contributed by atoms with van der Waals surface area (Å²) in [7, 11) is 0. The Bertz CT molecular complexity index is 390. The molecule has 1 unspecified atom stereocenters. The van der Waals surface area contributed by atoms with Gasteiger partial charge < -0.3 is 24.8 Å². The van der Waals surface area contributed by atoms with Crippen molar-refractivity contribution in [3.05, 3.63) is 24.2 Å². The second-order valence-corrected chi connectivity index (χ2v) is 3.62. The van der Waals surface area contributed by atoms with E-state index in [2.05, 4.69) is 5.32 Å². The molecule has 1 aromatic heterocycles. The molecule has 1 rings (SSSR count). The van der Waals surface area contributed by atoms with E-state index in [9.17, 15) is 9.59 Å². The summed E-state index contributed by atoms with van der Waals surface area (Å²) in [6, 6.07) is 1.56. The van der Waals surface area contributed by atoms with Crippen LogP contribution in [0.5, 0.6) is 0 Å². The molecule has 1 heterocycles. The summed E-state index contributed by atoms with van der Waals surface area (Å²) in [4.78, 5) is 23.8. The van der Waals surface area contributed by atoms with E-state index in [-0.39, 0.29) is 6.54 Å². The fourth-order valence-corrected chi connectivity index (χ4v) is 1.34. The smallest absolute Gasteiger partial charge is 0.328 e. The van der Waals surface area contributed by atoms with E-state index in [0.717, 1.165) is 0 Å². The van der Waals surface area contributed by atoms with Gasteiger partial charge in [-0.1, -0.05) is 0 Å². The molecule has 3 N–H and O–H groups in total. The minimum absolute atomic E-state index is 0.243. The van der Waals surface area contributed by atoms with Crippen LogP contribution in [0.15, 0.2) is 22.8 Å². The van der Waals surface area contributed by atoms with E-state index in [1.54, 1.807) is 19.1 Å². The summed E-state index contributed by atoms with van der Waals surface area (Å²) < 4.78 is 5.11. The van der Waals surface area contributed by atoms with E-state index in [0.29, 0.717) is 12.3 Å². The monoisotopic (exact) mass is 256 g/mol. The van der Waals surface area contributed by atoms with Crippen molar-refractivity contribution in [2.75, 3.05) is 13.2 Å². The first kappa shape index (κ1) is 14.0. The number of aliphatic hydroxyl groups excluding tert-OH is 1. The predicted octanol–water partition coefficient (Wildman–Crippen LogP) is 0.257. The molecule has 0 bridgehead atoms. The molecule has 7 heteroatoms. The third-order valence-corrected chi connectivity index (χ3v) is 2.37. The summed E-state index contributed by atoms with van der Waals surface area (Å²) in [6.45, 7) is 1.74. The lowest BCUT2D eigenvalue weighted by molar-refractivity contribution is -0.140. The number of furan rings is 1. The summed E-state index contributed by atoms with van der Waals surface area (Å²) in [5, 5.41) is 19.8. The first-order valence-corrected chi connectivity index (χ1v) is 5.50. The van der Waals surface area contributed by atoms with Crippen molar-refractivity contribution in [3.8, 4) is 0 Å². The maximum atomic E-state index is 11.8. The maximum absolute atomic E-state index is 11.8. The summed E-state index contributed by atoms with van der Waals surface area (Å²) >= 11 is 0. The average Bonchev–Trinajstić information content (AvgIpc) is 2.85. The molecule has 0 aliphatic rings. The number of hydrogen-bond acceptors (Lipinski definition) is 4. The minimum atomic E-state index is -1.30. The summed E-state index contributed by atoms with van der Waals surface area (Å²) in [6.07, 6.45) is 1.49. The van der Waals surface area contributed by atoms with Crippen LogP contribution in [0.4, 0.5) is 4.79 Å². The zero-order valence-electron chi connectivity index (χ0n) is 10.00. The van der Waals surface area contributed by atoms with Crippen LogP contribution < -0.4 is 5.32 Å². The highest BCUT2D eigenvalue weighted by Crippen LogP contribution is 2.05. The second kappa shape index (κ2) is 6.65. The topological polar surface area (TPSA) is 103 Å². The van der Waals surface area contributed by atoms with Crippen LogP contribution in [0, 0.1) is 0 Å². The number of rotatable bonds is 6. The molecule has 0 saturated heterocycles. The number of nitrogens with zero attached hydrogens (tertiary/aromatic N) is 1. The van der Waals surface area contributed by atoms with Crippen LogP contribution in [-0.2, 0) is 11.3 Å². The van der Waals surface area contributed by atoms with Crippen molar-refractivity contribution in [1.82, 2.24) is 10.2 Å². The molecule has 0 radical (unpaired) electrons. The zero-order valence-corrected chi connectivity index (χ0v) is 10.00. The molecule has 1 atom stereocenters. The lowest BCUT2D eigenvalue weighted by Gasteiger charge is -2.22. The Morgan fingerprint density at radius 2 is 2.28 bits per heavy atom. The van der Waals surface area contributed by atoms with E-state index in [1.807, 2.05) is 0 Å². The molecule has 7 nitrogen and oxygen atoms in total. The molecule has 0 aliphatic heterocycles. The van der Waals surface area contributed by atoms with Crippen LogP contribution in [0.2, 0.25) is 0 Å². The minimum Gasteiger partial charge on any atom is -0.480 e. The number of urea groups is 1. The highest BCUT2D eigenvalue weighted by molar-refractivity contribution is 5.82. The van der Waals surface area contributed by atoms with Crippen molar-refractivity contribution >= 4 is 12.0 Å². The van der Waals surface area contributed by atoms with Gasteiger partial charge in [-0.25, -0.2) is 9.59 Å². The van der Waals surface area contributed by atoms with Crippen molar-refractivity contribution in [2.24, 2.45) is 0 Å². The predicted molar refractivity (Wildman–Crippen MR) is 61.8 cm³/mol. The van der Waals surface area contributed by atoms with Crippen molar-refractivity contribution in [2.45, 2.75) is 19.5 Å². The molecule has 0 saturated carbocycles. The van der Waals surface area contributed by atoms with Crippen molar-refractivity contribution in [1.29, 1.82) is 0 Å². The third kappa shape index (κ3) is 3.77. The van der Waals surface area contributed by atoms with E-state index >= 15 is 0 Å². The molecule has 100 valence electrons. The molecule has 2 amide bonds. The molecule has 18 heavy (non-hydrogen) atoms. The highest BCUT2D eigenvalue weighted by atomic mass is 16.4. The van der Waals surface area contributed by atoms with Crippen molar-refractivity contribution < 1.29 is 24.2 Å². The van der Waals surface area contributed by atoms with Crippen LogP contribution in [0.25, 0.3) is 0 Å². The van der Waals surface area contributed by atoms with Gasteiger partial charge in [0.1, 0.15) is 5.76 Å². The number of carbonyl (C=O) groups is 2. The summed E-state index contributed by atoms with van der Waals surface area (Å²) in [5.74, 6) is -0.678. The van der Waals surface area contributed by atoms with E-state index in [4.69, 9.17) is 14.6 Å². The van der Waals surface area contributed by atoms with Crippen LogP contribution >= 0.6 is 0 Å². The second-order valence-electron chi connectivity index (χ2n) is 3.62. The van der Waals surface area contributed by atoms with Crippen molar-refractivity contribution in [3.63, 3.8) is 0 Å². The van der Waals surface area contributed by atoms with Gasteiger partial charge in [0.25, 0.3) is 0 Å². The maximum Gasteiger partial charge on any atom is 0.328 e. The Balaban J connectivity index is 2.59. The Labute approximate surface area is 104 Å². The largest absolute Gasteiger partial charge is 0.480 e. The Morgan fingerprint density at radius 1 is 1.56 bits per heavy atom. The fourth-order valence-electron chi connectivity index (χ4n) is 1.34. The van der Waals surface area contributed by atoms with Gasteiger partial charge in [-0.3, -0.25) is 0 Å². The number of aliphatic carboxylic acids is 1. The Kier molecular flexibility index (Phi) is 5.19. The average molecular weight is 256 g/mol. The van der Waals surface area contributed by atoms with E-state index in [1.165, 1.54) is 11.2 Å². The van der Waals surface area contributed by atoms with Gasteiger partial charge >= 0.3 is 12.0 Å². The number of nitrogens with one attached hydrogen (secondary N) is 1. The third-order valence-electron chi connectivity index (χ3n) is 2.37. The van der Waals surface area contributed by atoms with Gasteiger partial charge in [0, 0.05) is 6.54 Å². The van der Waals surface area contributed by atoms with Crippen LogP contribution in [0.1, 0.15) is 12.7 Å². The number of aliphatic hydroxyl groups is 1. The Hall–Kier alpha value is -2.02. The number of carboxylic acids is 1. The molecule has 0 aliphatic carbocycles. The molecular formula is C11H16N2O5. The van der Waals surface area contributed by atoms with Gasteiger partial charge in [0.15, 0.2) is 6.04 Å². The van der Waals surface area contributed by atoms with E-state index < -0.39 is 24.6 Å². The van der Waals surface area contributed by atoms with Gasteiger partial charge in [0.2, 0.25) is 0 Å². The van der Waals surface area contributed by atoms with Gasteiger partial charge in [-0.2, -0.15) is 0 Å². The molecule has 1 aromatic rings. The van der Waals surface area contributed by atoms with Crippen LogP contribution in [-0.4, -0.2) is 46.3 Å². The first-order chi connectivity index (χ1) is 8.58. The van der Waals surface area contributed by atoms with Crippen LogP contribution in [0.3, 0.4) is 0 Å². The lowest BCUT2D eigenvalue weighted by Crippen LogP contribution is -2.49. The molecule has 0 aromatic carbocycles. The SMILES string of the molecule is CCN(Cc1ccco1)C(=O)NC(CO)C(=O)O. The summed E-state index contributed by atoms with van der Waals surface area (Å²) in [5.41, 5.74) is 0. The fraction of sp³-hybridized carbons (Fsp3) is 0.455. The highest BCUT2D eigenvalue weighted by Gasteiger charge is 2.22. The molecule has 0 fully saturated rings. The lowest BCUT2D eigenvalue weighted by atomic mass is 10.3. The number of amides is 2. The Morgan fingerprint density at radius 3 is 2.72 bits per heavy atom. The number of carboxylic acid groups (broad SMARTS) is 1. The zero-order chi connectivity index (χ0) is 13.5. The normalized spacial score (nSPS) is 11.9.